The Morgan fingerprint density at radius 1 is 1.42 bits per heavy atom. The Morgan fingerprint density at radius 3 is 2.67 bits per heavy atom. The van der Waals surface area contributed by atoms with Crippen LogP contribution in [0.15, 0.2) is 11.1 Å². The van der Waals surface area contributed by atoms with Gasteiger partial charge in [-0.25, -0.2) is 0 Å². The van der Waals surface area contributed by atoms with Gasteiger partial charge in [0.15, 0.2) is 0 Å². The summed E-state index contributed by atoms with van der Waals surface area (Å²) in [5.41, 5.74) is 0.831. The first kappa shape index (κ1) is 7.49. The highest BCUT2D eigenvalue weighted by atomic mass is 16.3. The molecular formula is C8H9NO3. The summed E-state index contributed by atoms with van der Waals surface area (Å²) in [7, 11) is 1.44. The van der Waals surface area contributed by atoms with Crippen molar-refractivity contribution in [2.45, 2.75) is 18.9 Å². The first-order valence-corrected chi connectivity index (χ1v) is 3.86. The SMILES string of the molecule is CN1C(=O)C2=C(C1=O)C(O)CC2. The number of aliphatic hydroxyl groups is 1. The normalized spacial score (nSPS) is 28.8. The van der Waals surface area contributed by atoms with Gasteiger partial charge in [0.05, 0.1) is 11.7 Å². The van der Waals surface area contributed by atoms with E-state index in [1.807, 2.05) is 0 Å². The number of likely N-dealkylation sites (N-methyl/N-ethyl adjacent to an activating group) is 1. The molecule has 0 aromatic carbocycles. The molecule has 0 bridgehead atoms. The second-order valence-corrected chi connectivity index (χ2v) is 3.12. The van der Waals surface area contributed by atoms with Gasteiger partial charge in [-0.1, -0.05) is 0 Å². The number of imide groups is 1. The summed E-state index contributed by atoms with van der Waals surface area (Å²) in [5.74, 6) is -0.577. The highest BCUT2D eigenvalue weighted by Gasteiger charge is 2.42. The predicted octanol–water partition coefficient (Wildman–Crippen LogP) is -0.564. The lowest BCUT2D eigenvalue weighted by atomic mass is 10.2. The summed E-state index contributed by atoms with van der Waals surface area (Å²) in [6.45, 7) is 0. The molecule has 2 rings (SSSR count). The Bertz CT molecular complexity index is 305. The van der Waals surface area contributed by atoms with E-state index < -0.39 is 6.10 Å². The number of likely N-dealkylation sites (tertiary alicyclic amines) is 1. The molecule has 0 fully saturated rings. The molecule has 4 nitrogen and oxygen atoms in total. The summed E-state index contributed by atoms with van der Waals surface area (Å²) in [5, 5.41) is 9.35. The maximum atomic E-state index is 11.3. The number of aliphatic hydroxyl groups excluding tert-OH is 1. The molecule has 1 N–H and O–H groups in total. The van der Waals surface area contributed by atoms with E-state index >= 15 is 0 Å². The van der Waals surface area contributed by atoms with Gasteiger partial charge in [-0.15, -0.1) is 0 Å². The molecule has 0 radical (unpaired) electrons. The van der Waals surface area contributed by atoms with E-state index in [2.05, 4.69) is 0 Å². The molecule has 0 saturated carbocycles. The van der Waals surface area contributed by atoms with Crippen LogP contribution in [0.25, 0.3) is 0 Å². The molecular weight excluding hydrogens is 158 g/mol. The van der Waals surface area contributed by atoms with Gasteiger partial charge in [0, 0.05) is 12.6 Å². The zero-order valence-corrected chi connectivity index (χ0v) is 6.70. The monoisotopic (exact) mass is 167 g/mol. The maximum Gasteiger partial charge on any atom is 0.259 e. The van der Waals surface area contributed by atoms with E-state index in [-0.39, 0.29) is 11.8 Å². The van der Waals surface area contributed by atoms with Gasteiger partial charge in [0.2, 0.25) is 0 Å². The summed E-state index contributed by atoms with van der Waals surface area (Å²) < 4.78 is 0. The molecule has 1 heterocycles. The average molecular weight is 167 g/mol. The molecule has 64 valence electrons. The smallest absolute Gasteiger partial charge is 0.259 e. The van der Waals surface area contributed by atoms with Crippen LogP contribution in [0.5, 0.6) is 0 Å². The lowest BCUT2D eigenvalue weighted by Crippen LogP contribution is -2.30. The fourth-order valence-corrected chi connectivity index (χ4v) is 1.73. The highest BCUT2D eigenvalue weighted by molar-refractivity contribution is 6.20. The van der Waals surface area contributed by atoms with Crippen molar-refractivity contribution in [3.05, 3.63) is 11.1 Å². The first-order chi connectivity index (χ1) is 5.63. The second kappa shape index (κ2) is 2.17. The fraction of sp³-hybridized carbons (Fsp3) is 0.500. The van der Waals surface area contributed by atoms with Crippen LogP contribution in [-0.4, -0.2) is 35.0 Å². The first-order valence-electron chi connectivity index (χ1n) is 3.86. The van der Waals surface area contributed by atoms with Gasteiger partial charge < -0.3 is 5.11 Å². The molecule has 0 saturated heterocycles. The molecule has 0 aromatic rings. The number of rotatable bonds is 0. The molecule has 4 heteroatoms. The molecule has 0 spiro atoms. The predicted molar refractivity (Wildman–Crippen MR) is 40.0 cm³/mol. The summed E-state index contributed by atoms with van der Waals surface area (Å²) >= 11 is 0. The Morgan fingerprint density at radius 2 is 2.08 bits per heavy atom. The topological polar surface area (TPSA) is 57.6 Å². The number of nitrogens with zero attached hydrogens (tertiary/aromatic N) is 1. The van der Waals surface area contributed by atoms with Crippen molar-refractivity contribution in [3.8, 4) is 0 Å². The molecule has 1 aliphatic carbocycles. The highest BCUT2D eigenvalue weighted by Crippen LogP contribution is 2.33. The molecule has 1 atom stereocenters. The third kappa shape index (κ3) is 0.701. The van der Waals surface area contributed by atoms with Crippen LogP contribution in [0, 0.1) is 0 Å². The Labute approximate surface area is 69.5 Å². The number of carbonyl (C=O) groups is 2. The van der Waals surface area contributed by atoms with Crippen LogP contribution in [0.1, 0.15) is 12.8 Å². The molecule has 2 aliphatic rings. The van der Waals surface area contributed by atoms with Crippen molar-refractivity contribution < 1.29 is 14.7 Å². The lowest BCUT2D eigenvalue weighted by molar-refractivity contribution is -0.136. The molecule has 2 amide bonds. The van der Waals surface area contributed by atoms with E-state index in [9.17, 15) is 14.7 Å². The summed E-state index contributed by atoms with van der Waals surface area (Å²) in [6, 6.07) is 0. The third-order valence-corrected chi connectivity index (χ3v) is 2.42. The zero-order chi connectivity index (χ0) is 8.88. The lowest BCUT2D eigenvalue weighted by Gasteiger charge is -2.10. The number of hydrogen-bond donors (Lipinski definition) is 1. The van der Waals surface area contributed by atoms with Gasteiger partial charge in [-0.05, 0) is 12.8 Å². The number of carbonyl (C=O) groups excluding carboxylic acids is 2. The Balaban J connectivity index is 2.46. The largest absolute Gasteiger partial charge is 0.388 e. The van der Waals surface area contributed by atoms with Gasteiger partial charge >= 0.3 is 0 Å². The van der Waals surface area contributed by atoms with Crippen molar-refractivity contribution in [1.82, 2.24) is 4.90 Å². The van der Waals surface area contributed by atoms with Crippen LogP contribution in [-0.2, 0) is 9.59 Å². The third-order valence-electron chi connectivity index (χ3n) is 2.42. The maximum absolute atomic E-state index is 11.3. The summed E-state index contributed by atoms with van der Waals surface area (Å²) in [6.07, 6.45) is 0.322. The van der Waals surface area contributed by atoms with Gasteiger partial charge in [-0.3, -0.25) is 14.5 Å². The average Bonchev–Trinajstić information content (AvgIpc) is 2.51. The zero-order valence-electron chi connectivity index (χ0n) is 6.70. The molecule has 0 aromatic heterocycles. The summed E-state index contributed by atoms with van der Waals surface area (Å²) in [4.78, 5) is 23.6. The Kier molecular flexibility index (Phi) is 1.35. The standard InChI is InChI=1S/C8H9NO3/c1-9-7(11)4-2-3-5(10)6(4)8(9)12/h5,10H,2-3H2,1H3. The van der Waals surface area contributed by atoms with Crippen LogP contribution in [0.2, 0.25) is 0 Å². The van der Waals surface area contributed by atoms with E-state index in [0.717, 1.165) is 4.90 Å². The molecule has 1 aliphatic heterocycles. The van der Waals surface area contributed by atoms with Crippen LogP contribution in [0.3, 0.4) is 0 Å². The van der Waals surface area contributed by atoms with Crippen LogP contribution in [0.4, 0.5) is 0 Å². The van der Waals surface area contributed by atoms with Crippen LogP contribution >= 0.6 is 0 Å². The fourth-order valence-electron chi connectivity index (χ4n) is 1.73. The van der Waals surface area contributed by atoms with E-state index in [1.54, 1.807) is 0 Å². The van der Waals surface area contributed by atoms with Crippen molar-refractivity contribution in [3.63, 3.8) is 0 Å². The quantitative estimate of drug-likeness (QED) is 0.492. The Hall–Kier alpha value is -1.16. The minimum atomic E-state index is -0.721. The van der Waals surface area contributed by atoms with E-state index in [0.29, 0.717) is 24.0 Å². The van der Waals surface area contributed by atoms with Crippen LogP contribution < -0.4 is 0 Å². The van der Waals surface area contributed by atoms with Crippen molar-refractivity contribution in [2.75, 3.05) is 7.05 Å². The molecule has 1 unspecified atom stereocenters. The van der Waals surface area contributed by atoms with Gasteiger partial charge in [0.25, 0.3) is 11.8 Å². The minimum Gasteiger partial charge on any atom is -0.388 e. The van der Waals surface area contributed by atoms with Crippen molar-refractivity contribution in [1.29, 1.82) is 0 Å². The molecule has 12 heavy (non-hydrogen) atoms. The van der Waals surface area contributed by atoms with E-state index in [4.69, 9.17) is 0 Å². The van der Waals surface area contributed by atoms with Gasteiger partial charge in [-0.2, -0.15) is 0 Å². The second-order valence-electron chi connectivity index (χ2n) is 3.12. The number of hydrogen-bond acceptors (Lipinski definition) is 3. The van der Waals surface area contributed by atoms with Crippen molar-refractivity contribution >= 4 is 11.8 Å². The van der Waals surface area contributed by atoms with E-state index in [1.165, 1.54) is 7.05 Å². The van der Waals surface area contributed by atoms with Gasteiger partial charge in [0.1, 0.15) is 0 Å². The number of amides is 2. The minimum absolute atomic E-state index is 0.244. The van der Waals surface area contributed by atoms with Crippen molar-refractivity contribution in [2.24, 2.45) is 0 Å².